The summed E-state index contributed by atoms with van der Waals surface area (Å²) in [5.41, 5.74) is 1.50. The summed E-state index contributed by atoms with van der Waals surface area (Å²) in [4.78, 5) is 14.2. The standard InChI is InChI=1S/C21H27N3O3/c1-15-11-19(13-22-23-15)26-18-9-5-7-16(12-18)17-8-6-10-24(14-17)20(25)27-21(2,3)4/h5,7,9,11-13,17H,6,8,10,14H2,1-4H3. The lowest BCUT2D eigenvalue weighted by Crippen LogP contribution is -2.42. The highest BCUT2D eigenvalue weighted by Gasteiger charge is 2.28. The average molecular weight is 369 g/mol. The van der Waals surface area contributed by atoms with Gasteiger partial charge in [0.2, 0.25) is 0 Å². The maximum absolute atomic E-state index is 12.4. The van der Waals surface area contributed by atoms with Crippen molar-refractivity contribution in [2.45, 2.75) is 52.1 Å². The smallest absolute Gasteiger partial charge is 0.410 e. The van der Waals surface area contributed by atoms with Gasteiger partial charge in [0.1, 0.15) is 17.1 Å². The molecule has 0 bridgehead atoms. The van der Waals surface area contributed by atoms with E-state index in [1.54, 1.807) is 6.20 Å². The van der Waals surface area contributed by atoms with Gasteiger partial charge in [-0.2, -0.15) is 10.2 Å². The number of likely N-dealkylation sites (tertiary alicyclic amines) is 1. The Morgan fingerprint density at radius 2 is 2.04 bits per heavy atom. The van der Waals surface area contributed by atoms with Crippen LogP contribution in [0, 0.1) is 6.92 Å². The van der Waals surface area contributed by atoms with Gasteiger partial charge in [-0.3, -0.25) is 0 Å². The molecule has 3 rings (SSSR count). The lowest BCUT2D eigenvalue weighted by molar-refractivity contribution is 0.0198. The summed E-state index contributed by atoms with van der Waals surface area (Å²) in [6.45, 7) is 8.95. The number of carbonyl (C=O) groups excluding carboxylic acids is 1. The minimum absolute atomic E-state index is 0.238. The third kappa shape index (κ3) is 5.42. The number of hydrogen-bond donors (Lipinski definition) is 0. The van der Waals surface area contributed by atoms with Crippen LogP contribution in [0.4, 0.5) is 4.79 Å². The van der Waals surface area contributed by atoms with Crippen LogP contribution in [-0.4, -0.2) is 39.9 Å². The van der Waals surface area contributed by atoms with Crippen molar-refractivity contribution in [1.29, 1.82) is 0 Å². The molecule has 1 unspecified atom stereocenters. The fourth-order valence-corrected chi connectivity index (χ4v) is 3.21. The molecule has 1 atom stereocenters. The molecule has 0 spiro atoms. The molecule has 0 radical (unpaired) electrons. The zero-order valence-electron chi connectivity index (χ0n) is 16.4. The average Bonchev–Trinajstić information content (AvgIpc) is 2.61. The summed E-state index contributed by atoms with van der Waals surface area (Å²) < 4.78 is 11.4. The van der Waals surface area contributed by atoms with E-state index in [1.165, 1.54) is 5.56 Å². The first-order chi connectivity index (χ1) is 12.8. The molecule has 6 nitrogen and oxygen atoms in total. The molecule has 0 saturated carbocycles. The number of nitrogens with zero attached hydrogens (tertiary/aromatic N) is 3. The Morgan fingerprint density at radius 3 is 2.78 bits per heavy atom. The molecular formula is C21H27N3O3. The van der Waals surface area contributed by atoms with Crippen LogP contribution in [0.15, 0.2) is 36.5 Å². The van der Waals surface area contributed by atoms with Crippen LogP contribution in [0.1, 0.15) is 50.8 Å². The molecule has 0 aliphatic carbocycles. The van der Waals surface area contributed by atoms with Crippen molar-refractivity contribution >= 4 is 6.09 Å². The summed E-state index contributed by atoms with van der Waals surface area (Å²) in [6, 6.07) is 9.89. The van der Waals surface area contributed by atoms with Gasteiger partial charge in [0.15, 0.2) is 0 Å². The summed E-state index contributed by atoms with van der Waals surface area (Å²) in [6.07, 6.45) is 3.36. The largest absolute Gasteiger partial charge is 0.456 e. The number of aryl methyl sites for hydroxylation is 1. The van der Waals surface area contributed by atoms with E-state index < -0.39 is 5.60 Å². The van der Waals surface area contributed by atoms with Gasteiger partial charge < -0.3 is 14.4 Å². The number of hydrogen-bond acceptors (Lipinski definition) is 5. The van der Waals surface area contributed by atoms with Gasteiger partial charge in [-0.25, -0.2) is 4.79 Å². The van der Waals surface area contributed by atoms with Gasteiger partial charge >= 0.3 is 6.09 Å². The Labute approximate surface area is 160 Å². The van der Waals surface area contributed by atoms with Crippen molar-refractivity contribution in [2.75, 3.05) is 13.1 Å². The van der Waals surface area contributed by atoms with E-state index in [2.05, 4.69) is 16.3 Å². The van der Waals surface area contributed by atoms with Gasteiger partial charge in [-0.05, 0) is 58.2 Å². The number of aromatic nitrogens is 2. The molecular weight excluding hydrogens is 342 g/mol. The third-order valence-corrected chi connectivity index (χ3v) is 4.39. The van der Waals surface area contributed by atoms with Crippen molar-refractivity contribution in [3.05, 3.63) is 47.8 Å². The molecule has 2 aromatic rings. The lowest BCUT2D eigenvalue weighted by Gasteiger charge is -2.34. The second-order valence-corrected chi connectivity index (χ2v) is 7.97. The second kappa shape index (κ2) is 7.94. The molecule has 0 N–H and O–H groups in total. The first kappa shape index (κ1) is 19.1. The second-order valence-electron chi connectivity index (χ2n) is 7.97. The van der Waals surface area contributed by atoms with Crippen molar-refractivity contribution in [3.8, 4) is 11.5 Å². The van der Waals surface area contributed by atoms with Crippen molar-refractivity contribution in [1.82, 2.24) is 15.1 Å². The van der Waals surface area contributed by atoms with E-state index in [0.717, 1.165) is 30.8 Å². The number of ether oxygens (including phenoxy) is 2. The SMILES string of the molecule is Cc1cc(Oc2cccc(C3CCCN(C(=O)OC(C)(C)C)C3)c2)cnn1. The molecule has 1 amide bonds. The van der Waals surface area contributed by atoms with Gasteiger partial charge in [0.05, 0.1) is 11.9 Å². The van der Waals surface area contributed by atoms with Crippen LogP contribution in [0.25, 0.3) is 0 Å². The molecule has 1 aliphatic heterocycles. The van der Waals surface area contributed by atoms with Crippen LogP contribution in [0.3, 0.4) is 0 Å². The van der Waals surface area contributed by atoms with E-state index >= 15 is 0 Å². The summed E-state index contributed by atoms with van der Waals surface area (Å²) in [5, 5.41) is 7.86. The Balaban J connectivity index is 1.69. The number of benzene rings is 1. The molecule has 1 aromatic heterocycles. The van der Waals surface area contributed by atoms with E-state index in [9.17, 15) is 4.79 Å². The minimum atomic E-state index is -0.478. The van der Waals surface area contributed by atoms with Crippen LogP contribution in [0.5, 0.6) is 11.5 Å². The van der Waals surface area contributed by atoms with Crippen LogP contribution in [0.2, 0.25) is 0 Å². The van der Waals surface area contributed by atoms with E-state index in [0.29, 0.717) is 12.3 Å². The van der Waals surface area contributed by atoms with Crippen molar-refractivity contribution in [2.24, 2.45) is 0 Å². The fourth-order valence-electron chi connectivity index (χ4n) is 3.21. The normalized spacial score (nSPS) is 17.5. The van der Waals surface area contributed by atoms with Crippen molar-refractivity contribution < 1.29 is 14.3 Å². The number of amides is 1. The highest BCUT2D eigenvalue weighted by Crippen LogP contribution is 2.31. The van der Waals surface area contributed by atoms with Crippen LogP contribution in [-0.2, 0) is 4.74 Å². The zero-order valence-corrected chi connectivity index (χ0v) is 16.4. The maximum atomic E-state index is 12.4. The molecule has 27 heavy (non-hydrogen) atoms. The van der Waals surface area contributed by atoms with Gasteiger partial charge in [-0.1, -0.05) is 12.1 Å². The Hall–Kier alpha value is -2.63. The summed E-state index contributed by atoms with van der Waals surface area (Å²) in [5.74, 6) is 1.69. The first-order valence-corrected chi connectivity index (χ1v) is 9.35. The minimum Gasteiger partial charge on any atom is -0.456 e. The number of rotatable bonds is 3. The van der Waals surface area contributed by atoms with Gasteiger partial charge in [-0.15, -0.1) is 0 Å². The molecule has 6 heteroatoms. The lowest BCUT2D eigenvalue weighted by atomic mass is 9.90. The molecule has 1 fully saturated rings. The summed E-state index contributed by atoms with van der Waals surface area (Å²) in [7, 11) is 0. The maximum Gasteiger partial charge on any atom is 0.410 e. The van der Waals surface area contributed by atoms with Gasteiger partial charge in [0.25, 0.3) is 0 Å². The monoisotopic (exact) mass is 369 g/mol. The fraction of sp³-hybridized carbons (Fsp3) is 0.476. The van der Waals surface area contributed by atoms with Gasteiger partial charge in [0, 0.05) is 25.1 Å². The zero-order chi connectivity index (χ0) is 19.4. The summed E-state index contributed by atoms with van der Waals surface area (Å²) >= 11 is 0. The van der Waals surface area contributed by atoms with E-state index in [4.69, 9.17) is 9.47 Å². The van der Waals surface area contributed by atoms with Crippen LogP contribution < -0.4 is 4.74 Å². The Kier molecular flexibility index (Phi) is 5.63. The number of carbonyl (C=O) groups is 1. The Bertz CT molecular complexity index is 801. The topological polar surface area (TPSA) is 64.5 Å². The predicted molar refractivity (Wildman–Crippen MR) is 103 cm³/mol. The van der Waals surface area contributed by atoms with E-state index in [-0.39, 0.29) is 12.0 Å². The highest BCUT2D eigenvalue weighted by molar-refractivity contribution is 5.68. The van der Waals surface area contributed by atoms with Crippen molar-refractivity contribution in [3.63, 3.8) is 0 Å². The van der Waals surface area contributed by atoms with E-state index in [1.807, 2.05) is 56.9 Å². The first-order valence-electron chi connectivity index (χ1n) is 9.35. The third-order valence-electron chi connectivity index (χ3n) is 4.39. The molecule has 2 heterocycles. The predicted octanol–water partition coefficient (Wildman–Crippen LogP) is 4.69. The molecule has 1 aromatic carbocycles. The number of piperidine rings is 1. The molecule has 1 saturated heterocycles. The molecule has 144 valence electrons. The quantitative estimate of drug-likeness (QED) is 0.785. The highest BCUT2D eigenvalue weighted by atomic mass is 16.6. The molecule has 1 aliphatic rings. The van der Waals surface area contributed by atoms with Crippen LogP contribution >= 0.6 is 0 Å². The Morgan fingerprint density at radius 1 is 1.22 bits per heavy atom.